The first-order valence-electron chi connectivity index (χ1n) is 4.98. The Kier molecular flexibility index (Phi) is 3.51. The Balaban J connectivity index is 2.32. The van der Waals surface area contributed by atoms with Crippen LogP contribution in [0.2, 0.25) is 0 Å². The van der Waals surface area contributed by atoms with E-state index in [2.05, 4.69) is 41.0 Å². The van der Waals surface area contributed by atoms with Crippen molar-refractivity contribution >= 4 is 22.7 Å². The van der Waals surface area contributed by atoms with Crippen LogP contribution in [0.4, 0.5) is 0 Å². The Morgan fingerprint density at radius 3 is 2.93 bits per heavy atom. The second-order valence-electron chi connectivity index (χ2n) is 3.37. The first-order chi connectivity index (χ1) is 7.33. The van der Waals surface area contributed by atoms with Gasteiger partial charge in [-0.05, 0) is 30.5 Å². The summed E-state index contributed by atoms with van der Waals surface area (Å²) in [6.07, 6.45) is 0. The maximum Gasteiger partial charge on any atom is 0.0856 e. The van der Waals surface area contributed by atoms with Crippen LogP contribution in [0.3, 0.4) is 0 Å². The number of rotatable bonds is 4. The van der Waals surface area contributed by atoms with Crippen LogP contribution < -0.4 is 5.32 Å². The molecule has 2 nitrogen and oxygen atoms in total. The third-order valence-electron chi connectivity index (χ3n) is 2.32. The molecule has 1 unspecified atom stereocenters. The van der Waals surface area contributed by atoms with E-state index in [4.69, 9.17) is 0 Å². The molecule has 0 fully saturated rings. The van der Waals surface area contributed by atoms with Gasteiger partial charge in [0.05, 0.1) is 17.2 Å². The van der Waals surface area contributed by atoms with Gasteiger partial charge in [0.25, 0.3) is 0 Å². The van der Waals surface area contributed by atoms with E-state index in [0.717, 1.165) is 12.2 Å². The number of nitrogens with zero attached hydrogens (tertiary/aromatic N) is 1. The minimum absolute atomic E-state index is 0.265. The van der Waals surface area contributed by atoms with Crippen LogP contribution in [0, 0.1) is 6.92 Å². The van der Waals surface area contributed by atoms with Crippen molar-refractivity contribution < 1.29 is 0 Å². The number of hydrogen-bond acceptors (Lipinski definition) is 4. The molecule has 0 saturated heterocycles. The molecule has 80 valence electrons. The van der Waals surface area contributed by atoms with Crippen LogP contribution in [0.15, 0.2) is 22.3 Å². The van der Waals surface area contributed by atoms with E-state index in [1.165, 1.54) is 10.4 Å². The van der Waals surface area contributed by atoms with Gasteiger partial charge in [-0.25, -0.2) is 4.98 Å². The molecule has 0 aliphatic carbocycles. The summed E-state index contributed by atoms with van der Waals surface area (Å²) in [6, 6.07) is 2.43. The van der Waals surface area contributed by atoms with Gasteiger partial charge in [0.1, 0.15) is 0 Å². The molecule has 2 heterocycles. The molecule has 2 aromatic rings. The fourth-order valence-electron chi connectivity index (χ4n) is 1.58. The summed E-state index contributed by atoms with van der Waals surface area (Å²) >= 11 is 3.45. The number of hydrogen-bond donors (Lipinski definition) is 1. The fourth-order valence-corrected chi connectivity index (χ4v) is 3.17. The van der Waals surface area contributed by atoms with Gasteiger partial charge in [-0.2, -0.15) is 0 Å². The fraction of sp³-hybridized carbons (Fsp3) is 0.364. The van der Waals surface area contributed by atoms with Crippen molar-refractivity contribution in [3.8, 4) is 0 Å². The van der Waals surface area contributed by atoms with Gasteiger partial charge in [-0.1, -0.05) is 6.92 Å². The summed E-state index contributed by atoms with van der Waals surface area (Å²) in [5.74, 6) is 0. The summed E-state index contributed by atoms with van der Waals surface area (Å²) in [4.78, 5) is 5.77. The maximum absolute atomic E-state index is 4.39. The zero-order valence-corrected chi connectivity index (χ0v) is 10.5. The lowest BCUT2D eigenvalue weighted by atomic mass is 10.1. The summed E-state index contributed by atoms with van der Waals surface area (Å²) in [7, 11) is 0. The highest BCUT2D eigenvalue weighted by Crippen LogP contribution is 2.28. The van der Waals surface area contributed by atoms with Gasteiger partial charge in [0.2, 0.25) is 0 Å². The SMILES string of the molecule is CCNC(c1cscn1)c1sccc1C. The van der Waals surface area contributed by atoms with Crippen molar-refractivity contribution in [1.82, 2.24) is 10.3 Å². The Labute approximate surface area is 98.0 Å². The average Bonchev–Trinajstić information content (AvgIpc) is 2.85. The Morgan fingerprint density at radius 1 is 1.53 bits per heavy atom. The molecule has 0 aromatic carbocycles. The number of nitrogens with one attached hydrogen (secondary N) is 1. The highest BCUT2D eigenvalue weighted by atomic mass is 32.1. The van der Waals surface area contributed by atoms with Crippen molar-refractivity contribution in [3.05, 3.63) is 38.5 Å². The van der Waals surface area contributed by atoms with Crippen molar-refractivity contribution in [1.29, 1.82) is 0 Å². The number of thiazole rings is 1. The highest BCUT2D eigenvalue weighted by Gasteiger charge is 2.17. The third kappa shape index (κ3) is 2.27. The Morgan fingerprint density at radius 2 is 2.40 bits per heavy atom. The molecule has 0 spiro atoms. The average molecular weight is 238 g/mol. The van der Waals surface area contributed by atoms with E-state index in [0.29, 0.717) is 0 Å². The lowest BCUT2D eigenvalue weighted by Gasteiger charge is -2.15. The first kappa shape index (κ1) is 10.8. The van der Waals surface area contributed by atoms with Gasteiger partial charge >= 0.3 is 0 Å². The molecule has 1 N–H and O–H groups in total. The van der Waals surface area contributed by atoms with E-state index in [-0.39, 0.29) is 6.04 Å². The largest absolute Gasteiger partial charge is 0.305 e. The monoisotopic (exact) mass is 238 g/mol. The summed E-state index contributed by atoms with van der Waals surface area (Å²) < 4.78 is 0. The molecule has 15 heavy (non-hydrogen) atoms. The Hall–Kier alpha value is -0.710. The van der Waals surface area contributed by atoms with Gasteiger partial charge in [0.15, 0.2) is 0 Å². The smallest absolute Gasteiger partial charge is 0.0856 e. The van der Waals surface area contributed by atoms with Crippen molar-refractivity contribution in [2.75, 3.05) is 6.54 Å². The zero-order valence-electron chi connectivity index (χ0n) is 8.86. The number of thiophene rings is 1. The summed E-state index contributed by atoms with van der Waals surface area (Å²) in [5, 5.41) is 7.74. The van der Waals surface area contributed by atoms with Crippen LogP contribution in [-0.4, -0.2) is 11.5 Å². The quantitative estimate of drug-likeness (QED) is 0.884. The second-order valence-corrected chi connectivity index (χ2v) is 5.04. The maximum atomic E-state index is 4.39. The summed E-state index contributed by atoms with van der Waals surface area (Å²) in [5.41, 5.74) is 4.37. The zero-order chi connectivity index (χ0) is 10.7. The van der Waals surface area contributed by atoms with Crippen LogP contribution in [0.1, 0.15) is 29.1 Å². The molecular weight excluding hydrogens is 224 g/mol. The van der Waals surface area contributed by atoms with E-state index < -0.39 is 0 Å². The van der Waals surface area contributed by atoms with Gasteiger partial charge < -0.3 is 5.32 Å². The van der Waals surface area contributed by atoms with E-state index in [9.17, 15) is 0 Å². The lowest BCUT2D eigenvalue weighted by molar-refractivity contribution is 0.625. The first-order valence-corrected chi connectivity index (χ1v) is 6.80. The van der Waals surface area contributed by atoms with E-state index in [1.807, 2.05) is 5.51 Å². The van der Waals surface area contributed by atoms with Crippen molar-refractivity contribution in [2.24, 2.45) is 0 Å². The lowest BCUT2D eigenvalue weighted by Crippen LogP contribution is -2.21. The normalized spacial score (nSPS) is 12.9. The molecule has 0 bridgehead atoms. The van der Waals surface area contributed by atoms with E-state index >= 15 is 0 Å². The van der Waals surface area contributed by atoms with Gasteiger partial charge in [-0.15, -0.1) is 22.7 Å². The minimum atomic E-state index is 0.265. The molecule has 4 heteroatoms. The van der Waals surface area contributed by atoms with E-state index in [1.54, 1.807) is 22.7 Å². The topological polar surface area (TPSA) is 24.9 Å². The third-order valence-corrected chi connectivity index (χ3v) is 4.01. The number of aromatic nitrogens is 1. The molecule has 1 atom stereocenters. The molecule has 0 saturated carbocycles. The van der Waals surface area contributed by atoms with Crippen LogP contribution in [0.5, 0.6) is 0 Å². The minimum Gasteiger partial charge on any atom is -0.305 e. The molecule has 2 aromatic heterocycles. The van der Waals surface area contributed by atoms with Crippen LogP contribution in [-0.2, 0) is 0 Å². The molecule has 0 amide bonds. The molecule has 2 rings (SSSR count). The standard InChI is InChI=1S/C11H14N2S2/c1-3-12-10(9-6-14-7-13-9)11-8(2)4-5-15-11/h4-7,10,12H,3H2,1-2H3. The van der Waals surface area contributed by atoms with Gasteiger partial charge in [0, 0.05) is 10.3 Å². The molecule has 0 radical (unpaired) electrons. The van der Waals surface area contributed by atoms with Crippen molar-refractivity contribution in [3.63, 3.8) is 0 Å². The Bertz CT molecular complexity index is 406. The van der Waals surface area contributed by atoms with Crippen LogP contribution >= 0.6 is 22.7 Å². The molecule has 0 aliphatic rings. The van der Waals surface area contributed by atoms with Crippen molar-refractivity contribution in [2.45, 2.75) is 19.9 Å². The predicted molar refractivity (Wildman–Crippen MR) is 66.7 cm³/mol. The molecular formula is C11H14N2S2. The second kappa shape index (κ2) is 4.88. The number of aryl methyl sites for hydroxylation is 1. The summed E-state index contributed by atoms with van der Waals surface area (Å²) in [6.45, 7) is 5.24. The predicted octanol–water partition coefficient (Wildman–Crippen LogP) is 3.21. The van der Waals surface area contributed by atoms with Gasteiger partial charge in [-0.3, -0.25) is 0 Å². The molecule has 0 aliphatic heterocycles. The van der Waals surface area contributed by atoms with Crippen LogP contribution in [0.25, 0.3) is 0 Å². The highest BCUT2D eigenvalue weighted by molar-refractivity contribution is 7.10.